The van der Waals surface area contributed by atoms with Crippen molar-refractivity contribution in [2.45, 2.75) is 51.2 Å². The smallest absolute Gasteiger partial charge is 0.309 e. The second-order valence-electron chi connectivity index (χ2n) is 9.36. The third kappa shape index (κ3) is 8.96. The molecule has 7 heteroatoms. The molecule has 4 atom stereocenters. The number of carbonyl (C=O) groups is 3. The zero-order valence-corrected chi connectivity index (χ0v) is 20.8. The fraction of sp³-hybridized carbons (Fsp3) is 0.414. The van der Waals surface area contributed by atoms with Gasteiger partial charge in [-0.05, 0) is 43.7 Å². The first-order valence-electron chi connectivity index (χ1n) is 12.6. The van der Waals surface area contributed by atoms with Crippen LogP contribution in [0.4, 0.5) is 0 Å². The summed E-state index contributed by atoms with van der Waals surface area (Å²) in [4.78, 5) is 38.3. The third-order valence-corrected chi connectivity index (χ3v) is 6.26. The Morgan fingerprint density at radius 3 is 2.25 bits per heavy atom. The van der Waals surface area contributed by atoms with E-state index in [1.54, 1.807) is 6.92 Å². The fourth-order valence-corrected chi connectivity index (χ4v) is 4.26. The third-order valence-electron chi connectivity index (χ3n) is 6.26. The molecule has 0 aromatic heterocycles. The molecular formula is C29H36N2O5. The number of esters is 1. The summed E-state index contributed by atoms with van der Waals surface area (Å²) in [6.45, 7) is 1.73. The number of carbonyl (C=O) groups excluding carboxylic acids is 3. The van der Waals surface area contributed by atoms with Gasteiger partial charge in [0, 0.05) is 6.42 Å². The Kier molecular flexibility index (Phi) is 10.7. The van der Waals surface area contributed by atoms with Gasteiger partial charge < -0.3 is 20.5 Å². The molecule has 0 aliphatic carbocycles. The molecule has 0 unspecified atom stereocenters. The van der Waals surface area contributed by atoms with Gasteiger partial charge in [-0.15, -0.1) is 0 Å². The zero-order chi connectivity index (χ0) is 25.8. The molecule has 3 rings (SSSR count). The second-order valence-corrected chi connectivity index (χ2v) is 9.36. The topological polar surface area (TPSA) is 105 Å². The minimum absolute atomic E-state index is 0.00305. The van der Waals surface area contributed by atoms with Gasteiger partial charge in [0.1, 0.15) is 6.10 Å². The lowest BCUT2D eigenvalue weighted by Crippen LogP contribution is -2.43. The molecular weight excluding hydrogens is 456 g/mol. The maximum atomic E-state index is 12.8. The van der Waals surface area contributed by atoms with E-state index >= 15 is 0 Å². The van der Waals surface area contributed by atoms with Crippen molar-refractivity contribution in [2.75, 3.05) is 13.2 Å². The van der Waals surface area contributed by atoms with E-state index in [9.17, 15) is 19.5 Å². The largest absolute Gasteiger partial charge is 0.461 e. The van der Waals surface area contributed by atoms with Crippen LogP contribution in [0.1, 0.15) is 37.3 Å². The number of rotatable bonds is 8. The molecule has 2 aromatic rings. The molecule has 2 aromatic carbocycles. The van der Waals surface area contributed by atoms with Crippen molar-refractivity contribution < 1.29 is 24.2 Å². The number of ether oxygens (including phenoxy) is 1. The summed E-state index contributed by atoms with van der Waals surface area (Å²) in [5.41, 5.74) is 2.07. The summed E-state index contributed by atoms with van der Waals surface area (Å²) in [6, 6.07) is 19.0. The monoisotopic (exact) mass is 492 g/mol. The minimum Gasteiger partial charge on any atom is -0.461 e. The lowest BCUT2D eigenvalue weighted by atomic mass is 9.94. The van der Waals surface area contributed by atoms with E-state index in [0.717, 1.165) is 11.1 Å². The highest BCUT2D eigenvalue weighted by atomic mass is 16.5. The van der Waals surface area contributed by atoms with Gasteiger partial charge in [0.05, 0.1) is 31.0 Å². The summed E-state index contributed by atoms with van der Waals surface area (Å²) in [6.07, 6.45) is 5.22. The van der Waals surface area contributed by atoms with Crippen LogP contribution in [-0.2, 0) is 32.0 Å². The highest BCUT2D eigenvalue weighted by Gasteiger charge is 2.26. The van der Waals surface area contributed by atoms with Gasteiger partial charge in [-0.3, -0.25) is 14.4 Å². The molecule has 1 aliphatic heterocycles. The first kappa shape index (κ1) is 27.1. The van der Waals surface area contributed by atoms with Crippen molar-refractivity contribution in [3.05, 3.63) is 83.9 Å². The maximum absolute atomic E-state index is 12.8. The van der Waals surface area contributed by atoms with E-state index in [0.29, 0.717) is 25.7 Å². The minimum atomic E-state index is -0.563. The van der Waals surface area contributed by atoms with Gasteiger partial charge >= 0.3 is 5.97 Å². The molecule has 3 N–H and O–H groups in total. The molecule has 0 spiro atoms. The molecule has 0 saturated heterocycles. The molecule has 1 heterocycles. The second kappa shape index (κ2) is 14.2. The molecule has 1 aliphatic rings. The van der Waals surface area contributed by atoms with Crippen LogP contribution in [0.15, 0.2) is 72.8 Å². The average Bonchev–Trinajstić information content (AvgIpc) is 2.88. The number of hydrogen-bond acceptors (Lipinski definition) is 5. The number of nitrogens with one attached hydrogen (secondary N) is 2. The number of aliphatic hydroxyl groups is 1. The molecule has 0 bridgehead atoms. The molecule has 2 amide bonds. The van der Waals surface area contributed by atoms with E-state index in [2.05, 4.69) is 10.6 Å². The van der Waals surface area contributed by atoms with Crippen molar-refractivity contribution in [2.24, 2.45) is 11.8 Å². The Morgan fingerprint density at radius 1 is 1.00 bits per heavy atom. The summed E-state index contributed by atoms with van der Waals surface area (Å²) >= 11 is 0. The Morgan fingerprint density at radius 2 is 1.61 bits per heavy atom. The Balaban J connectivity index is 1.63. The molecule has 7 nitrogen and oxygen atoms in total. The molecule has 36 heavy (non-hydrogen) atoms. The zero-order valence-electron chi connectivity index (χ0n) is 20.8. The van der Waals surface area contributed by atoms with Crippen molar-refractivity contribution in [3.8, 4) is 0 Å². The van der Waals surface area contributed by atoms with E-state index in [1.807, 2.05) is 72.8 Å². The quantitative estimate of drug-likeness (QED) is 0.388. The summed E-state index contributed by atoms with van der Waals surface area (Å²) in [7, 11) is 0. The summed E-state index contributed by atoms with van der Waals surface area (Å²) < 4.78 is 5.60. The van der Waals surface area contributed by atoms with Gasteiger partial charge in [-0.2, -0.15) is 0 Å². The molecule has 0 saturated carbocycles. The molecule has 0 radical (unpaired) electrons. The highest BCUT2D eigenvalue weighted by Crippen LogP contribution is 2.18. The predicted octanol–water partition coefficient (Wildman–Crippen LogP) is 2.97. The van der Waals surface area contributed by atoms with Crippen molar-refractivity contribution in [3.63, 3.8) is 0 Å². The predicted molar refractivity (Wildman–Crippen MR) is 138 cm³/mol. The summed E-state index contributed by atoms with van der Waals surface area (Å²) in [5, 5.41) is 15.4. The van der Waals surface area contributed by atoms with E-state index in [4.69, 9.17) is 4.74 Å². The number of aliphatic hydroxyl groups excluding tert-OH is 1. The molecule has 192 valence electrons. The van der Waals surface area contributed by atoms with Crippen molar-refractivity contribution >= 4 is 17.8 Å². The lowest BCUT2D eigenvalue weighted by molar-refractivity contribution is -0.153. The van der Waals surface area contributed by atoms with Gasteiger partial charge in [-0.1, -0.05) is 72.8 Å². The van der Waals surface area contributed by atoms with Crippen LogP contribution in [-0.4, -0.2) is 48.2 Å². The van der Waals surface area contributed by atoms with E-state index < -0.39 is 18.1 Å². The number of hydrogen-bond donors (Lipinski definition) is 3. The van der Waals surface area contributed by atoms with Crippen molar-refractivity contribution in [1.82, 2.24) is 10.6 Å². The van der Waals surface area contributed by atoms with Crippen LogP contribution in [0.3, 0.4) is 0 Å². The molecule has 0 fully saturated rings. The number of amides is 2. The Labute approximate surface area is 212 Å². The maximum Gasteiger partial charge on any atom is 0.309 e. The highest BCUT2D eigenvalue weighted by molar-refractivity contribution is 5.86. The van der Waals surface area contributed by atoms with E-state index in [-0.39, 0.29) is 43.3 Å². The van der Waals surface area contributed by atoms with Crippen LogP contribution >= 0.6 is 0 Å². The van der Waals surface area contributed by atoms with Crippen LogP contribution < -0.4 is 10.6 Å². The summed E-state index contributed by atoms with van der Waals surface area (Å²) in [5.74, 6) is -1.72. The first-order valence-corrected chi connectivity index (χ1v) is 12.6. The van der Waals surface area contributed by atoms with Crippen LogP contribution in [0.25, 0.3) is 0 Å². The standard InChI is InChI=1S/C29H36N2O5/c1-21-19-30-28(34)24(18-27(33)31-26(20-32)17-23-12-6-3-7-13-23)14-8-9-15-25(29(35)36-21)16-22-10-4-2-5-11-22/h2-13,21,24-26,32H,14-20H2,1H3,(H,30,34)(H,31,33)/t21-,24+,25-,26+/m0/s1. The van der Waals surface area contributed by atoms with Gasteiger partial charge in [-0.25, -0.2) is 0 Å². The first-order chi connectivity index (χ1) is 17.4. The van der Waals surface area contributed by atoms with Gasteiger partial charge in [0.2, 0.25) is 11.8 Å². The van der Waals surface area contributed by atoms with Gasteiger partial charge in [0.25, 0.3) is 0 Å². The van der Waals surface area contributed by atoms with Crippen LogP contribution in [0, 0.1) is 11.8 Å². The SMILES string of the molecule is C[C@H]1CNC(=O)[C@@H](CC(=O)N[C@@H](CO)Cc2ccccc2)CC=CC[C@@H](Cc2ccccc2)C(=O)O1. The number of cyclic esters (lactones) is 1. The van der Waals surface area contributed by atoms with Crippen molar-refractivity contribution in [1.29, 1.82) is 0 Å². The number of benzene rings is 2. The van der Waals surface area contributed by atoms with Crippen LogP contribution in [0.5, 0.6) is 0 Å². The Hall–Kier alpha value is -3.45. The average molecular weight is 493 g/mol. The lowest BCUT2D eigenvalue weighted by Gasteiger charge is -2.22. The Bertz CT molecular complexity index is 1010. The van der Waals surface area contributed by atoms with Crippen LogP contribution in [0.2, 0.25) is 0 Å². The van der Waals surface area contributed by atoms with E-state index in [1.165, 1.54) is 0 Å². The number of allylic oxidation sites excluding steroid dienone is 2. The fourth-order valence-electron chi connectivity index (χ4n) is 4.26. The van der Waals surface area contributed by atoms with Gasteiger partial charge in [0.15, 0.2) is 0 Å². The normalized spacial score (nSPS) is 21.9.